The van der Waals surface area contributed by atoms with Crippen LogP contribution in [-0.4, -0.2) is 33.3 Å². The fourth-order valence-electron chi connectivity index (χ4n) is 2.36. The van der Waals surface area contributed by atoms with Crippen molar-refractivity contribution in [2.45, 2.75) is 19.9 Å². The van der Waals surface area contributed by atoms with Crippen molar-refractivity contribution in [1.29, 1.82) is 0 Å². The Morgan fingerprint density at radius 2 is 1.92 bits per heavy atom. The van der Waals surface area contributed by atoms with Gasteiger partial charge in [0.05, 0.1) is 6.61 Å². The number of hydrogen-bond donors (Lipinski definition) is 2. The minimum Gasteiger partial charge on any atom is -0.493 e. The van der Waals surface area contributed by atoms with E-state index in [1.54, 1.807) is 14.2 Å². The quantitative estimate of drug-likeness (QED) is 0.438. The van der Waals surface area contributed by atoms with E-state index >= 15 is 0 Å². The van der Waals surface area contributed by atoms with Gasteiger partial charge in [0.2, 0.25) is 0 Å². The first-order valence-electron chi connectivity index (χ1n) is 8.47. The standard InChI is InChI=1S/C20H27N3O2/c1-16-8-4-5-9-17(16)15-22-20(21-2)23-18-10-6-11-19(14-18)25-13-7-12-24-3/h4-6,8-11,14H,7,12-13,15H2,1-3H3,(H2,21,22,23). The molecule has 2 rings (SSSR count). The van der Waals surface area contributed by atoms with Crippen LogP contribution in [-0.2, 0) is 11.3 Å². The summed E-state index contributed by atoms with van der Waals surface area (Å²) in [6.07, 6.45) is 0.869. The molecule has 0 aliphatic heterocycles. The number of aliphatic imine (C=N–C) groups is 1. The minimum absolute atomic E-state index is 0.636. The lowest BCUT2D eigenvalue weighted by Crippen LogP contribution is -2.30. The van der Waals surface area contributed by atoms with E-state index in [2.05, 4.69) is 34.7 Å². The molecule has 0 unspecified atom stereocenters. The van der Waals surface area contributed by atoms with E-state index in [0.717, 1.165) is 30.4 Å². The highest BCUT2D eigenvalue weighted by Gasteiger charge is 2.03. The fourth-order valence-corrected chi connectivity index (χ4v) is 2.36. The van der Waals surface area contributed by atoms with Crippen molar-refractivity contribution in [3.8, 4) is 5.75 Å². The van der Waals surface area contributed by atoms with E-state index in [0.29, 0.717) is 13.2 Å². The lowest BCUT2D eigenvalue weighted by atomic mass is 10.1. The van der Waals surface area contributed by atoms with Crippen LogP contribution in [0, 0.1) is 6.92 Å². The van der Waals surface area contributed by atoms with Gasteiger partial charge < -0.3 is 20.1 Å². The summed E-state index contributed by atoms with van der Waals surface area (Å²) in [5, 5.41) is 6.63. The van der Waals surface area contributed by atoms with Crippen LogP contribution in [0.5, 0.6) is 5.75 Å². The minimum atomic E-state index is 0.636. The van der Waals surface area contributed by atoms with Crippen molar-refractivity contribution in [2.24, 2.45) is 4.99 Å². The van der Waals surface area contributed by atoms with Gasteiger partial charge in [-0.1, -0.05) is 30.3 Å². The van der Waals surface area contributed by atoms with Crippen molar-refractivity contribution >= 4 is 11.6 Å². The number of rotatable bonds is 8. The van der Waals surface area contributed by atoms with Crippen LogP contribution in [0.1, 0.15) is 17.5 Å². The lowest BCUT2D eigenvalue weighted by molar-refractivity contribution is 0.172. The molecule has 2 aromatic carbocycles. The number of ether oxygens (including phenoxy) is 2. The molecule has 0 aliphatic carbocycles. The number of hydrogen-bond acceptors (Lipinski definition) is 3. The summed E-state index contributed by atoms with van der Waals surface area (Å²) < 4.78 is 10.8. The normalized spacial score (nSPS) is 11.2. The Bertz CT molecular complexity index is 686. The summed E-state index contributed by atoms with van der Waals surface area (Å²) in [7, 11) is 3.46. The summed E-state index contributed by atoms with van der Waals surface area (Å²) in [4.78, 5) is 4.28. The molecular weight excluding hydrogens is 314 g/mol. The molecule has 2 aromatic rings. The van der Waals surface area contributed by atoms with Crippen molar-refractivity contribution < 1.29 is 9.47 Å². The number of aryl methyl sites for hydroxylation is 1. The number of anilines is 1. The molecule has 0 heterocycles. The molecule has 25 heavy (non-hydrogen) atoms. The summed E-state index contributed by atoms with van der Waals surface area (Å²) in [6.45, 7) is 4.17. The summed E-state index contributed by atoms with van der Waals surface area (Å²) in [5.74, 6) is 1.55. The van der Waals surface area contributed by atoms with E-state index in [1.807, 2.05) is 36.4 Å². The first-order valence-corrected chi connectivity index (χ1v) is 8.47. The molecule has 5 nitrogen and oxygen atoms in total. The number of methoxy groups -OCH3 is 1. The Morgan fingerprint density at radius 1 is 1.08 bits per heavy atom. The number of benzene rings is 2. The van der Waals surface area contributed by atoms with Gasteiger partial charge in [-0.05, 0) is 30.2 Å². The Labute approximate surface area is 150 Å². The molecule has 0 amide bonds. The van der Waals surface area contributed by atoms with E-state index in [-0.39, 0.29) is 0 Å². The third-order valence-corrected chi connectivity index (χ3v) is 3.79. The second-order valence-corrected chi connectivity index (χ2v) is 5.70. The highest BCUT2D eigenvalue weighted by atomic mass is 16.5. The molecule has 134 valence electrons. The molecular formula is C20H27N3O2. The second-order valence-electron chi connectivity index (χ2n) is 5.70. The zero-order valence-electron chi connectivity index (χ0n) is 15.2. The van der Waals surface area contributed by atoms with Gasteiger partial charge in [-0.15, -0.1) is 0 Å². The van der Waals surface area contributed by atoms with E-state index in [4.69, 9.17) is 9.47 Å². The molecule has 5 heteroatoms. The molecule has 0 aliphatic rings. The first kappa shape index (κ1) is 18.8. The van der Waals surface area contributed by atoms with Crippen LogP contribution in [0.3, 0.4) is 0 Å². The molecule has 0 bridgehead atoms. The van der Waals surface area contributed by atoms with Crippen molar-refractivity contribution in [3.63, 3.8) is 0 Å². The lowest BCUT2D eigenvalue weighted by Gasteiger charge is -2.14. The first-order chi connectivity index (χ1) is 12.2. The van der Waals surface area contributed by atoms with Crippen LogP contribution in [0.2, 0.25) is 0 Å². The van der Waals surface area contributed by atoms with E-state index < -0.39 is 0 Å². The van der Waals surface area contributed by atoms with Gasteiger partial charge in [0.25, 0.3) is 0 Å². The molecule has 0 atom stereocenters. The van der Waals surface area contributed by atoms with Crippen LogP contribution in [0.15, 0.2) is 53.5 Å². The SMILES string of the molecule is CN=C(NCc1ccccc1C)Nc1cccc(OCCCOC)c1. The van der Waals surface area contributed by atoms with Gasteiger partial charge in [-0.2, -0.15) is 0 Å². The highest BCUT2D eigenvalue weighted by molar-refractivity contribution is 5.93. The third kappa shape index (κ3) is 6.47. The molecule has 0 saturated heterocycles. The smallest absolute Gasteiger partial charge is 0.195 e. The zero-order chi connectivity index (χ0) is 17.9. The number of nitrogens with one attached hydrogen (secondary N) is 2. The molecule has 0 aromatic heterocycles. The van der Waals surface area contributed by atoms with Gasteiger partial charge in [0.15, 0.2) is 5.96 Å². The summed E-state index contributed by atoms with van der Waals surface area (Å²) in [6, 6.07) is 16.2. The molecule has 0 radical (unpaired) electrons. The molecule has 0 saturated carbocycles. The number of guanidine groups is 1. The van der Waals surface area contributed by atoms with Crippen molar-refractivity contribution in [2.75, 3.05) is 32.7 Å². The van der Waals surface area contributed by atoms with Gasteiger partial charge >= 0.3 is 0 Å². The fraction of sp³-hybridized carbons (Fsp3) is 0.350. The molecule has 2 N–H and O–H groups in total. The second kappa shape index (κ2) is 10.4. The average Bonchev–Trinajstić information content (AvgIpc) is 2.64. The van der Waals surface area contributed by atoms with Crippen molar-refractivity contribution in [1.82, 2.24) is 5.32 Å². The molecule has 0 spiro atoms. The van der Waals surface area contributed by atoms with E-state index in [9.17, 15) is 0 Å². The van der Waals surface area contributed by atoms with Gasteiger partial charge in [-0.25, -0.2) is 0 Å². The van der Waals surface area contributed by atoms with Gasteiger partial charge in [0.1, 0.15) is 5.75 Å². The van der Waals surface area contributed by atoms with Crippen LogP contribution >= 0.6 is 0 Å². The predicted octanol–water partition coefficient (Wildman–Crippen LogP) is 3.60. The largest absolute Gasteiger partial charge is 0.493 e. The van der Waals surface area contributed by atoms with Crippen LogP contribution < -0.4 is 15.4 Å². The van der Waals surface area contributed by atoms with E-state index in [1.165, 1.54) is 11.1 Å². The summed E-state index contributed by atoms with van der Waals surface area (Å²) >= 11 is 0. The van der Waals surface area contributed by atoms with Crippen LogP contribution in [0.25, 0.3) is 0 Å². The summed E-state index contributed by atoms with van der Waals surface area (Å²) in [5.41, 5.74) is 3.44. The molecule has 0 fully saturated rings. The Hall–Kier alpha value is -2.53. The van der Waals surface area contributed by atoms with Crippen molar-refractivity contribution in [3.05, 3.63) is 59.7 Å². The topological polar surface area (TPSA) is 54.9 Å². The predicted molar refractivity (Wildman–Crippen MR) is 103 cm³/mol. The van der Waals surface area contributed by atoms with Gasteiger partial charge in [-0.3, -0.25) is 4.99 Å². The van der Waals surface area contributed by atoms with Gasteiger partial charge in [0, 0.05) is 45.5 Å². The maximum atomic E-state index is 5.73. The third-order valence-electron chi connectivity index (χ3n) is 3.79. The average molecular weight is 341 g/mol. The Kier molecular flexibility index (Phi) is 7.79. The Balaban J connectivity index is 1.89. The highest BCUT2D eigenvalue weighted by Crippen LogP contribution is 2.17. The number of nitrogens with zero attached hydrogens (tertiary/aromatic N) is 1. The zero-order valence-corrected chi connectivity index (χ0v) is 15.2. The Morgan fingerprint density at radius 3 is 2.68 bits per heavy atom. The van der Waals surface area contributed by atoms with Crippen LogP contribution in [0.4, 0.5) is 5.69 Å². The monoisotopic (exact) mass is 341 g/mol. The maximum absolute atomic E-state index is 5.73. The maximum Gasteiger partial charge on any atom is 0.195 e.